The Morgan fingerprint density at radius 3 is 2.40 bits per heavy atom. The van der Waals surface area contributed by atoms with Crippen molar-refractivity contribution >= 4 is 0 Å². The molecule has 2 N–H and O–H groups in total. The zero-order valence-corrected chi connectivity index (χ0v) is 10.0. The molecule has 0 bridgehead atoms. The van der Waals surface area contributed by atoms with Crippen molar-refractivity contribution in [2.75, 3.05) is 19.8 Å². The predicted molar refractivity (Wildman–Crippen MR) is 61.9 cm³/mol. The van der Waals surface area contributed by atoms with Crippen LogP contribution in [0.4, 0.5) is 0 Å². The molecule has 1 aliphatic rings. The van der Waals surface area contributed by atoms with Gasteiger partial charge in [0.25, 0.3) is 0 Å². The molecule has 15 heavy (non-hydrogen) atoms. The summed E-state index contributed by atoms with van der Waals surface area (Å²) in [7, 11) is 0. The predicted octanol–water partition coefficient (Wildman–Crippen LogP) is 1.55. The molecule has 0 aromatic carbocycles. The zero-order valence-electron chi connectivity index (χ0n) is 10.0. The summed E-state index contributed by atoms with van der Waals surface area (Å²) in [5.74, 6) is 0.442. The third kappa shape index (κ3) is 4.49. The average molecular weight is 215 g/mol. The summed E-state index contributed by atoms with van der Waals surface area (Å²) in [6, 6.07) is 0.544. The van der Waals surface area contributed by atoms with Crippen LogP contribution in [-0.2, 0) is 4.74 Å². The van der Waals surface area contributed by atoms with E-state index in [2.05, 4.69) is 19.2 Å². The zero-order chi connectivity index (χ0) is 11.1. The van der Waals surface area contributed by atoms with Gasteiger partial charge in [0.15, 0.2) is 0 Å². The van der Waals surface area contributed by atoms with E-state index in [1.807, 2.05) is 0 Å². The summed E-state index contributed by atoms with van der Waals surface area (Å²) in [6.07, 6.45) is 4.09. The van der Waals surface area contributed by atoms with Gasteiger partial charge in [-0.05, 0) is 18.8 Å². The van der Waals surface area contributed by atoms with Crippen molar-refractivity contribution < 1.29 is 9.84 Å². The Kier molecular flexibility index (Phi) is 6.22. The number of aliphatic hydroxyl groups is 1. The van der Waals surface area contributed by atoms with Gasteiger partial charge in [0.1, 0.15) is 0 Å². The molecule has 1 fully saturated rings. The fourth-order valence-corrected chi connectivity index (χ4v) is 2.19. The molecule has 3 nitrogen and oxygen atoms in total. The van der Waals surface area contributed by atoms with E-state index in [0.29, 0.717) is 12.0 Å². The standard InChI is InChI=1S/C12H25NO2/c1-3-10(4-2)12(14)9-13-11-5-7-15-8-6-11/h10-14H,3-9H2,1-2H3. The van der Waals surface area contributed by atoms with Crippen LogP contribution in [0.2, 0.25) is 0 Å². The largest absolute Gasteiger partial charge is 0.392 e. The van der Waals surface area contributed by atoms with Crippen molar-refractivity contribution in [2.45, 2.75) is 51.7 Å². The molecule has 0 spiro atoms. The van der Waals surface area contributed by atoms with Crippen LogP contribution in [-0.4, -0.2) is 37.0 Å². The number of aliphatic hydroxyl groups excluding tert-OH is 1. The van der Waals surface area contributed by atoms with Gasteiger partial charge in [0.05, 0.1) is 6.10 Å². The number of ether oxygens (including phenoxy) is 1. The number of hydrogen-bond acceptors (Lipinski definition) is 3. The van der Waals surface area contributed by atoms with Crippen LogP contribution in [0.15, 0.2) is 0 Å². The number of hydrogen-bond donors (Lipinski definition) is 2. The summed E-state index contributed by atoms with van der Waals surface area (Å²) < 4.78 is 5.29. The monoisotopic (exact) mass is 215 g/mol. The van der Waals surface area contributed by atoms with Gasteiger partial charge in [-0.25, -0.2) is 0 Å². The van der Waals surface area contributed by atoms with Gasteiger partial charge in [-0.2, -0.15) is 0 Å². The molecular formula is C12H25NO2. The highest BCUT2D eigenvalue weighted by molar-refractivity contribution is 4.75. The molecule has 1 aliphatic heterocycles. The Hall–Kier alpha value is -0.120. The van der Waals surface area contributed by atoms with Gasteiger partial charge in [0, 0.05) is 25.8 Å². The molecule has 1 rings (SSSR count). The molecule has 0 aromatic rings. The Labute approximate surface area is 93.2 Å². The Morgan fingerprint density at radius 1 is 1.27 bits per heavy atom. The van der Waals surface area contributed by atoms with Crippen molar-refractivity contribution in [3.63, 3.8) is 0 Å². The summed E-state index contributed by atoms with van der Waals surface area (Å²) in [5.41, 5.74) is 0. The lowest BCUT2D eigenvalue weighted by Gasteiger charge is -2.26. The minimum Gasteiger partial charge on any atom is -0.392 e. The van der Waals surface area contributed by atoms with Crippen molar-refractivity contribution in [3.8, 4) is 0 Å². The molecular weight excluding hydrogens is 190 g/mol. The molecule has 1 saturated heterocycles. The van der Waals surface area contributed by atoms with Gasteiger partial charge >= 0.3 is 0 Å². The molecule has 1 heterocycles. The first-order chi connectivity index (χ1) is 7.27. The molecule has 0 aromatic heterocycles. The summed E-state index contributed by atoms with van der Waals surface area (Å²) in [4.78, 5) is 0. The lowest BCUT2D eigenvalue weighted by molar-refractivity contribution is 0.0627. The van der Waals surface area contributed by atoms with Crippen LogP contribution in [0.25, 0.3) is 0 Å². The lowest BCUT2D eigenvalue weighted by Crippen LogP contribution is -2.41. The van der Waals surface area contributed by atoms with Gasteiger partial charge < -0.3 is 15.2 Å². The van der Waals surface area contributed by atoms with E-state index in [9.17, 15) is 5.11 Å². The second-order valence-electron chi connectivity index (χ2n) is 4.44. The second kappa shape index (κ2) is 7.20. The topological polar surface area (TPSA) is 41.5 Å². The summed E-state index contributed by atoms with van der Waals surface area (Å²) >= 11 is 0. The van der Waals surface area contributed by atoms with Gasteiger partial charge in [-0.15, -0.1) is 0 Å². The maximum atomic E-state index is 9.95. The average Bonchev–Trinajstić information content (AvgIpc) is 2.29. The van der Waals surface area contributed by atoms with E-state index in [1.165, 1.54) is 0 Å². The molecule has 0 saturated carbocycles. The van der Waals surface area contributed by atoms with Crippen LogP contribution >= 0.6 is 0 Å². The SMILES string of the molecule is CCC(CC)C(O)CNC1CCOCC1. The van der Waals surface area contributed by atoms with Crippen LogP contribution in [0, 0.1) is 5.92 Å². The molecule has 1 unspecified atom stereocenters. The molecule has 0 radical (unpaired) electrons. The minimum absolute atomic E-state index is 0.192. The maximum absolute atomic E-state index is 9.95. The highest BCUT2D eigenvalue weighted by atomic mass is 16.5. The third-order valence-corrected chi connectivity index (χ3v) is 3.43. The van der Waals surface area contributed by atoms with Gasteiger partial charge in [0.2, 0.25) is 0 Å². The van der Waals surface area contributed by atoms with Crippen LogP contribution < -0.4 is 5.32 Å². The Balaban J connectivity index is 2.16. The van der Waals surface area contributed by atoms with E-state index in [4.69, 9.17) is 4.74 Å². The van der Waals surface area contributed by atoms with Gasteiger partial charge in [-0.3, -0.25) is 0 Å². The van der Waals surface area contributed by atoms with Crippen LogP contribution in [0.3, 0.4) is 0 Å². The number of rotatable bonds is 6. The van der Waals surface area contributed by atoms with Crippen LogP contribution in [0.5, 0.6) is 0 Å². The maximum Gasteiger partial charge on any atom is 0.0692 e. The van der Waals surface area contributed by atoms with Crippen molar-refractivity contribution in [2.24, 2.45) is 5.92 Å². The van der Waals surface area contributed by atoms with E-state index in [0.717, 1.165) is 45.4 Å². The highest BCUT2D eigenvalue weighted by Gasteiger charge is 2.18. The van der Waals surface area contributed by atoms with Crippen molar-refractivity contribution in [1.29, 1.82) is 0 Å². The van der Waals surface area contributed by atoms with Crippen molar-refractivity contribution in [1.82, 2.24) is 5.32 Å². The normalized spacial score (nSPS) is 20.8. The van der Waals surface area contributed by atoms with E-state index in [1.54, 1.807) is 0 Å². The smallest absolute Gasteiger partial charge is 0.0692 e. The summed E-state index contributed by atoms with van der Waals surface area (Å²) in [6.45, 7) is 6.74. The first kappa shape index (κ1) is 12.9. The first-order valence-corrected chi connectivity index (χ1v) is 6.27. The third-order valence-electron chi connectivity index (χ3n) is 3.43. The van der Waals surface area contributed by atoms with E-state index in [-0.39, 0.29) is 6.10 Å². The second-order valence-corrected chi connectivity index (χ2v) is 4.44. The van der Waals surface area contributed by atoms with Crippen LogP contribution in [0.1, 0.15) is 39.5 Å². The van der Waals surface area contributed by atoms with E-state index < -0.39 is 0 Å². The van der Waals surface area contributed by atoms with Gasteiger partial charge in [-0.1, -0.05) is 26.7 Å². The molecule has 0 amide bonds. The Morgan fingerprint density at radius 2 is 1.87 bits per heavy atom. The quantitative estimate of drug-likeness (QED) is 0.706. The number of nitrogens with one attached hydrogen (secondary N) is 1. The molecule has 1 atom stereocenters. The molecule has 3 heteroatoms. The first-order valence-electron chi connectivity index (χ1n) is 6.27. The Bertz CT molecular complexity index is 154. The highest BCUT2D eigenvalue weighted by Crippen LogP contribution is 2.13. The minimum atomic E-state index is -0.192. The lowest BCUT2D eigenvalue weighted by atomic mass is 9.96. The molecule has 90 valence electrons. The summed E-state index contributed by atoms with van der Waals surface area (Å²) in [5, 5.41) is 13.4. The fraction of sp³-hybridized carbons (Fsp3) is 1.00. The van der Waals surface area contributed by atoms with E-state index >= 15 is 0 Å². The van der Waals surface area contributed by atoms with Crippen molar-refractivity contribution in [3.05, 3.63) is 0 Å². The molecule has 0 aliphatic carbocycles. The fourth-order valence-electron chi connectivity index (χ4n) is 2.19.